The van der Waals surface area contributed by atoms with Gasteiger partial charge in [0.25, 0.3) is 0 Å². The Labute approximate surface area is 106 Å². The third-order valence-electron chi connectivity index (χ3n) is 3.36. The van der Waals surface area contributed by atoms with Crippen molar-refractivity contribution in [3.05, 3.63) is 12.3 Å². The number of rotatable bonds is 5. The van der Waals surface area contributed by atoms with Gasteiger partial charge in [0.05, 0.1) is 19.3 Å². The zero-order chi connectivity index (χ0) is 13.7. The molecule has 0 amide bonds. The first-order chi connectivity index (χ1) is 7.62. The van der Waals surface area contributed by atoms with Crippen molar-refractivity contribution < 1.29 is 14.0 Å². The molecule has 0 aromatic rings. The molecule has 4 heteroatoms. The van der Waals surface area contributed by atoms with E-state index in [1.54, 1.807) is 6.26 Å². The fourth-order valence-corrected chi connectivity index (χ4v) is 1.74. The second-order valence-electron chi connectivity index (χ2n) is 5.91. The highest BCUT2D eigenvalue weighted by Gasteiger charge is 2.37. The second kappa shape index (κ2) is 6.24. The first-order valence-corrected chi connectivity index (χ1v) is 8.93. The summed E-state index contributed by atoms with van der Waals surface area (Å²) in [5, 5.41) is 0.200. The lowest BCUT2D eigenvalue weighted by atomic mass is 10.1. The summed E-state index contributed by atoms with van der Waals surface area (Å²) in [5.41, 5.74) is 0. The van der Waals surface area contributed by atoms with E-state index in [0.717, 1.165) is 0 Å². The maximum atomic E-state index is 11.2. The molecule has 0 spiro atoms. The van der Waals surface area contributed by atoms with Crippen molar-refractivity contribution >= 4 is 14.3 Å². The molecule has 0 rings (SSSR count). The predicted molar refractivity (Wildman–Crippen MR) is 73.2 cm³/mol. The maximum Gasteiger partial charge on any atom is 0.308 e. The number of hydrogen-bond acceptors (Lipinski definition) is 3. The van der Waals surface area contributed by atoms with Gasteiger partial charge in [0.1, 0.15) is 0 Å². The summed E-state index contributed by atoms with van der Waals surface area (Å²) in [6, 6.07) is 0. The van der Waals surface area contributed by atoms with Crippen LogP contribution in [0.3, 0.4) is 0 Å². The molecule has 0 radical (unpaired) electrons. The smallest absolute Gasteiger partial charge is 0.308 e. The number of esters is 1. The third-order valence-corrected chi connectivity index (χ3v) is 7.70. The lowest BCUT2D eigenvalue weighted by molar-refractivity contribution is -0.144. The molecule has 0 aromatic heterocycles. The van der Waals surface area contributed by atoms with Crippen molar-refractivity contribution in [3.8, 4) is 0 Å². The Kier molecular flexibility index (Phi) is 5.95. The van der Waals surface area contributed by atoms with Crippen LogP contribution in [0, 0.1) is 5.92 Å². The predicted octanol–water partition coefficient (Wildman–Crippen LogP) is 3.72. The van der Waals surface area contributed by atoms with Crippen molar-refractivity contribution in [2.24, 2.45) is 5.92 Å². The SMILES string of the molecule is COC(=O)C(C)C/C=C\O[Si](C)(C)C(C)(C)C. The fourth-order valence-electron chi connectivity index (χ4n) is 0.952. The van der Waals surface area contributed by atoms with Gasteiger partial charge in [-0.2, -0.15) is 0 Å². The van der Waals surface area contributed by atoms with E-state index >= 15 is 0 Å². The van der Waals surface area contributed by atoms with E-state index in [0.29, 0.717) is 6.42 Å². The molecule has 0 saturated carbocycles. The van der Waals surface area contributed by atoms with Gasteiger partial charge < -0.3 is 9.16 Å². The van der Waals surface area contributed by atoms with Crippen LogP contribution >= 0.6 is 0 Å². The molecule has 1 unspecified atom stereocenters. The number of carbonyl (C=O) groups is 1. The molecule has 0 heterocycles. The Bertz CT molecular complexity index is 277. The summed E-state index contributed by atoms with van der Waals surface area (Å²) in [4.78, 5) is 11.2. The van der Waals surface area contributed by atoms with Crippen LogP contribution in [0.5, 0.6) is 0 Å². The minimum Gasteiger partial charge on any atom is -0.549 e. The van der Waals surface area contributed by atoms with Crippen molar-refractivity contribution in [2.45, 2.75) is 52.2 Å². The molecule has 0 saturated heterocycles. The molecular formula is C13H26O3Si. The Morgan fingerprint density at radius 1 is 1.35 bits per heavy atom. The molecule has 100 valence electrons. The topological polar surface area (TPSA) is 35.5 Å². The third kappa shape index (κ3) is 5.39. The lowest BCUT2D eigenvalue weighted by Crippen LogP contribution is -2.39. The fraction of sp³-hybridized carbons (Fsp3) is 0.769. The van der Waals surface area contributed by atoms with Crippen LogP contribution < -0.4 is 0 Å². The molecule has 0 fully saturated rings. The molecule has 0 aliphatic carbocycles. The molecule has 3 nitrogen and oxygen atoms in total. The Hall–Kier alpha value is -0.773. The van der Waals surface area contributed by atoms with Crippen LogP contribution in [0.15, 0.2) is 12.3 Å². The van der Waals surface area contributed by atoms with Crippen molar-refractivity contribution in [1.82, 2.24) is 0 Å². The molecule has 0 aliphatic heterocycles. The van der Waals surface area contributed by atoms with Gasteiger partial charge in [0, 0.05) is 0 Å². The largest absolute Gasteiger partial charge is 0.549 e. The zero-order valence-corrected chi connectivity index (χ0v) is 13.2. The van der Waals surface area contributed by atoms with Crippen molar-refractivity contribution in [1.29, 1.82) is 0 Å². The molecule has 0 aliphatic rings. The number of hydrogen-bond donors (Lipinski definition) is 0. The molecule has 0 bridgehead atoms. The quantitative estimate of drug-likeness (QED) is 0.428. The average molecular weight is 258 g/mol. The lowest BCUT2D eigenvalue weighted by Gasteiger charge is -2.35. The van der Waals surface area contributed by atoms with E-state index in [-0.39, 0.29) is 16.9 Å². The minimum atomic E-state index is -1.72. The highest BCUT2D eigenvalue weighted by atomic mass is 28.4. The van der Waals surface area contributed by atoms with Gasteiger partial charge in [-0.3, -0.25) is 4.79 Å². The van der Waals surface area contributed by atoms with Crippen molar-refractivity contribution in [3.63, 3.8) is 0 Å². The molecular weight excluding hydrogens is 232 g/mol. The molecule has 0 N–H and O–H groups in total. The monoisotopic (exact) mass is 258 g/mol. The normalized spacial score (nSPS) is 14.8. The van der Waals surface area contributed by atoms with Crippen LogP contribution in [0.4, 0.5) is 0 Å². The minimum absolute atomic E-state index is 0.112. The number of carbonyl (C=O) groups excluding carboxylic acids is 1. The number of ether oxygens (including phenoxy) is 1. The van der Waals surface area contributed by atoms with E-state index < -0.39 is 8.32 Å². The van der Waals surface area contributed by atoms with Crippen molar-refractivity contribution in [2.75, 3.05) is 7.11 Å². The van der Waals surface area contributed by atoms with Gasteiger partial charge in [-0.1, -0.05) is 33.8 Å². The number of methoxy groups -OCH3 is 1. The van der Waals surface area contributed by atoms with E-state index in [2.05, 4.69) is 38.6 Å². The van der Waals surface area contributed by atoms with Crippen LogP contribution in [0.2, 0.25) is 18.1 Å². The van der Waals surface area contributed by atoms with Gasteiger partial charge in [0.15, 0.2) is 0 Å². The van der Waals surface area contributed by atoms with Gasteiger partial charge in [-0.05, 0) is 24.6 Å². The highest BCUT2D eigenvalue weighted by molar-refractivity contribution is 6.74. The first-order valence-electron chi connectivity index (χ1n) is 6.02. The summed E-state index contributed by atoms with van der Waals surface area (Å²) in [5.74, 6) is -0.291. The summed E-state index contributed by atoms with van der Waals surface area (Å²) < 4.78 is 10.5. The Balaban J connectivity index is 4.17. The molecule has 1 atom stereocenters. The molecule has 0 aromatic carbocycles. The standard InChI is InChI=1S/C13H26O3Si/c1-11(12(14)15-5)9-8-10-16-17(6,7)13(2,3)4/h8,10-11H,9H2,1-7H3/b10-8-. The highest BCUT2D eigenvalue weighted by Crippen LogP contribution is 2.36. The van der Waals surface area contributed by atoms with Gasteiger partial charge in [0.2, 0.25) is 8.32 Å². The first kappa shape index (κ1) is 16.2. The van der Waals surface area contributed by atoms with E-state index in [9.17, 15) is 4.79 Å². The van der Waals surface area contributed by atoms with Gasteiger partial charge in [-0.25, -0.2) is 0 Å². The Morgan fingerprint density at radius 2 is 1.88 bits per heavy atom. The maximum absolute atomic E-state index is 11.2. The summed E-state index contributed by atoms with van der Waals surface area (Å²) in [6.45, 7) is 12.8. The average Bonchev–Trinajstić information content (AvgIpc) is 2.21. The summed E-state index contributed by atoms with van der Waals surface area (Å²) in [6.07, 6.45) is 4.31. The van der Waals surface area contributed by atoms with E-state index in [1.807, 2.05) is 13.0 Å². The number of allylic oxidation sites excluding steroid dienone is 1. The van der Waals surface area contributed by atoms with E-state index in [4.69, 9.17) is 4.43 Å². The Morgan fingerprint density at radius 3 is 2.29 bits per heavy atom. The van der Waals surface area contributed by atoms with Gasteiger partial charge >= 0.3 is 5.97 Å². The van der Waals surface area contributed by atoms with Gasteiger partial charge in [-0.15, -0.1) is 0 Å². The second-order valence-corrected chi connectivity index (χ2v) is 10.7. The van der Waals surface area contributed by atoms with Crippen LogP contribution in [-0.4, -0.2) is 21.4 Å². The summed E-state index contributed by atoms with van der Waals surface area (Å²) in [7, 11) is -0.304. The summed E-state index contributed by atoms with van der Waals surface area (Å²) >= 11 is 0. The van der Waals surface area contributed by atoms with Crippen LogP contribution in [0.25, 0.3) is 0 Å². The van der Waals surface area contributed by atoms with E-state index in [1.165, 1.54) is 7.11 Å². The van der Waals surface area contributed by atoms with Crippen LogP contribution in [-0.2, 0) is 14.0 Å². The molecule has 17 heavy (non-hydrogen) atoms. The van der Waals surface area contributed by atoms with Crippen LogP contribution in [0.1, 0.15) is 34.1 Å². The zero-order valence-electron chi connectivity index (χ0n) is 12.2.